The van der Waals surface area contributed by atoms with Gasteiger partial charge in [-0.3, -0.25) is 5.41 Å². The largest absolute Gasteiger partial charge is 0.493 e. The number of imidazole rings is 1. The van der Waals surface area contributed by atoms with Crippen LogP contribution >= 0.6 is 0 Å². The Morgan fingerprint density at radius 2 is 2.33 bits per heavy atom. The Hall–Kier alpha value is -2.30. The van der Waals surface area contributed by atoms with E-state index in [4.69, 9.17) is 15.9 Å². The summed E-state index contributed by atoms with van der Waals surface area (Å²) in [5.74, 6) is 1.75. The van der Waals surface area contributed by atoms with Crippen LogP contribution in [-0.4, -0.2) is 22.0 Å². The van der Waals surface area contributed by atoms with Crippen molar-refractivity contribution in [3.8, 4) is 5.75 Å². The van der Waals surface area contributed by atoms with Gasteiger partial charge in [0.25, 0.3) is 0 Å². The summed E-state index contributed by atoms with van der Waals surface area (Å²) in [7, 11) is 1.96. The molecule has 5 nitrogen and oxygen atoms in total. The first-order chi connectivity index (χ1) is 8.66. The first-order valence-electron chi connectivity index (χ1n) is 5.70. The van der Waals surface area contributed by atoms with E-state index in [1.54, 1.807) is 18.3 Å². The predicted octanol–water partition coefficient (Wildman–Crippen LogP) is 1.33. The Morgan fingerprint density at radius 1 is 1.50 bits per heavy atom. The van der Waals surface area contributed by atoms with Crippen molar-refractivity contribution in [1.29, 1.82) is 5.41 Å². The fourth-order valence-electron chi connectivity index (χ4n) is 1.65. The van der Waals surface area contributed by atoms with Gasteiger partial charge in [0.15, 0.2) is 0 Å². The Balaban J connectivity index is 1.92. The molecule has 3 N–H and O–H groups in total. The first-order valence-corrected chi connectivity index (χ1v) is 5.70. The Kier molecular flexibility index (Phi) is 3.62. The van der Waals surface area contributed by atoms with Crippen LogP contribution in [0.4, 0.5) is 0 Å². The molecule has 0 aliphatic carbocycles. The zero-order valence-electron chi connectivity index (χ0n) is 10.3. The minimum Gasteiger partial charge on any atom is -0.493 e. The Labute approximate surface area is 106 Å². The summed E-state index contributed by atoms with van der Waals surface area (Å²) >= 11 is 0. The van der Waals surface area contributed by atoms with E-state index in [0.29, 0.717) is 12.2 Å². The Morgan fingerprint density at radius 3 is 3.00 bits per heavy atom. The van der Waals surface area contributed by atoms with Crippen LogP contribution in [0.3, 0.4) is 0 Å². The van der Waals surface area contributed by atoms with E-state index in [2.05, 4.69) is 4.98 Å². The lowest BCUT2D eigenvalue weighted by atomic mass is 10.2. The third-order valence-corrected chi connectivity index (χ3v) is 2.66. The topological polar surface area (TPSA) is 76.9 Å². The van der Waals surface area contributed by atoms with Crippen LogP contribution in [0.15, 0.2) is 36.7 Å². The third-order valence-electron chi connectivity index (χ3n) is 2.66. The number of hydrogen-bond acceptors (Lipinski definition) is 3. The molecule has 0 amide bonds. The highest BCUT2D eigenvalue weighted by molar-refractivity contribution is 5.95. The summed E-state index contributed by atoms with van der Waals surface area (Å²) in [4.78, 5) is 4.22. The second kappa shape index (κ2) is 5.35. The number of aryl methyl sites for hydroxylation is 1. The van der Waals surface area contributed by atoms with Crippen molar-refractivity contribution in [2.75, 3.05) is 6.61 Å². The van der Waals surface area contributed by atoms with Gasteiger partial charge in [0.1, 0.15) is 17.4 Å². The maximum Gasteiger partial charge on any atom is 0.122 e. The molecule has 0 spiro atoms. The van der Waals surface area contributed by atoms with Gasteiger partial charge < -0.3 is 15.0 Å². The molecule has 1 aromatic carbocycles. The van der Waals surface area contributed by atoms with E-state index < -0.39 is 0 Å². The molecule has 2 rings (SSSR count). The molecule has 0 saturated carbocycles. The van der Waals surface area contributed by atoms with Gasteiger partial charge in [0.2, 0.25) is 0 Å². The molecule has 2 aromatic rings. The predicted molar refractivity (Wildman–Crippen MR) is 69.9 cm³/mol. The number of nitrogen functional groups attached to an aromatic ring is 1. The zero-order chi connectivity index (χ0) is 13.0. The fourth-order valence-corrected chi connectivity index (χ4v) is 1.65. The number of hydrogen-bond donors (Lipinski definition) is 2. The summed E-state index contributed by atoms with van der Waals surface area (Å²) in [5, 5.41) is 7.36. The average Bonchev–Trinajstić information content (AvgIpc) is 2.76. The molecular formula is C13H16N4O. The number of nitrogens with two attached hydrogens (primary N) is 1. The number of aromatic nitrogens is 2. The monoisotopic (exact) mass is 244 g/mol. The van der Waals surface area contributed by atoms with Crippen LogP contribution in [-0.2, 0) is 13.5 Å². The summed E-state index contributed by atoms with van der Waals surface area (Å²) < 4.78 is 7.59. The number of nitrogens with one attached hydrogen (secondary N) is 1. The molecule has 0 aliphatic heterocycles. The number of rotatable bonds is 5. The highest BCUT2D eigenvalue weighted by atomic mass is 16.5. The van der Waals surface area contributed by atoms with E-state index in [1.165, 1.54) is 0 Å². The van der Waals surface area contributed by atoms with Crippen LogP contribution in [0.2, 0.25) is 0 Å². The van der Waals surface area contributed by atoms with Gasteiger partial charge in [-0.1, -0.05) is 12.1 Å². The van der Waals surface area contributed by atoms with E-state index in [1.807, 2.05) is 29.9 Å². The average molecular weight is 244 g/mol. The number of ether oxygens (including phenoxy) is 1. The summed E-state index contributed by atoms with van der Waals surface area (Å²) in [6, 6.07) is 7.23. The van der Waals surface area contributed by atoms with Gasteiger partial charge in [-0.15, -0.1) is 0 Å². The molecule has 0 fully saturated rings. The van der Waals surface area contributed by atoms with Gasteiger partial charge in [-0.2, -0.15) is 0 Å². The molecule has 1 heterocycles. The van der Waals surface area contributed by atoms with Crippen LogP contribution in [0.25, 0.3) is 0 Å². The highest BCUT2D eigenvalue weighted by Gasteiger charge is 2.02. The van der Waals surface area contributed by atoms with E-state index in [0.717, 1.165) is 18.0 Å². The number of nitrogens with zero attached hydrogens (tertiary/aromatic N) is 2. The number of amidine groups is 1. The van der Waals surface area contributed by atoms with Crippen LogP contribution < -0.4 is 10.5 Å². The number of benzene rings is 1. The molecular weight excluding hydrogens is 228 g/mol. The van der Waals surface area contributed by atoms with Crippen molar-refractivity contribution in [3.63, 3.8) is 0 Å². The van der Waals surface area contributed by atoms with E-state index in [9.17, 15) is 0 Å². The summed E-state index contributed by atoms with van der Waals surface area (Å²) in [5.41, 5.74) is 6.09. The first kappa shape index (κ1) is 12.2. The van der Waals surface area contributed by atoms with Gasteiger partial charge in [0.05, 0.1) is 6.61 Å². The van der Waals surface area contributed by atoms with Gasteiger partial charge in [0, 0.05) is 31.4 Å². The lowest BCUT2D eigenvalue weighted by molar-refractivity contribution is 0.317. The lowest BCUT2D eigenvalue weighted by Gasteiger charge is -2.07. The second-order valence-corrected chi connectivity index (χ2v) is 3.99. The molecule has 0 atom stereocenters. The molecule has 0 radical (unpaired) electrons. The molecule has 5 heteroatoms. The molecule has 0 unspecified atom stereocenters. The SMILES string of the molecule is Cn1ccnc1CCOc1cccc(C(=N)N)c1. The zero-order valence-corrected chi connectivity index (χ0v) is 10.3. The highest BCUT2D eigenvalue weighted by Crippen LogP contribution is 2.13. The van der Waals surface area contributed by atoms with Crippen molar-refractivity contribution >= 4 is 5.84 Å². The van der Waals surface area contributed by atoms with Crippen molar-refractivity contribution in [2.24, 2.45) is 12.8 Å². The van der Waals surface area contributed by atoms with Crippen molar-refractivity contribution < 1.29 is 4.74 Å². The Bertz CT molecular complexity index is 547. The van der Waals surface area contributed by atoms with Crippen molar-refractivity contribution in [2.45, 2.75) is 6.42 Å². The van der Waals surface area contributed by atoms with Crippen LogP contribution in [0.1, 0.15) is 11.4 Å². The van der Waals surface area contributed by atoms with Crippen LogP contribution in [0, 0.1) is 5.41 Å². The molecule has 94 valence electrons. The summed E-state index contributed by atoms with van der Waals surface area (Å²) in [6.07, 6.45) is 4.42. The van der Waals surface area contributed by atoms with Gasteiger partial charge in [-0.25, -0.2) is 4.98 Å². The third kappa shape index (κ3) is 2.88. The fraction of sp³-hybridized carbons (Fsp3) is 0.231. The molecule has 18 heavy (non-hydrogen) atoms. The van der Waals surface area contributed by atoms with Crippen LogP contribution in [0.5, 0.6) is 5.75 Å². The van der Waals surface area contributed by atoms with Crippen molar-refractivity contribution in [3.05, 3.63) is 48.0 Å². The minimum absolute atomic E-state index is 0.0459. The quantitative estimate of drug-likeness (QED) is 0.615. The maximum atomic E-state index is 7.36. The van der Waals surface area contributed by atoms with Gasteiger partial charge in [-0.05, 0) is 12.1 Å². The molecule has 0 bridgehead atoms. The minimum atomic E-state index is 0.0459. The van der Waals surface area contributed by atoms with Crippen molar-refractivity contribution in [1.82, 2.24) is 9.55 Å². The summed E-state index contributed by atoms with van der Waals surface area (Å²) in [6.45, 7) is 0.548. The maximum absolute atomic E-state index is 7.36. The second-order valence-electron chi connectivity index (χ2n) is 3.99. The molecule has 1 aromatic heterocycles. The standard InChI is InChI=1S/C13H16N4O/c1-17-7-6-16-12(17)5-8-18-11-4-2-3-10(9-11)13(14)15/h2-4,6-7,9H,5,8H2,1H3,(H3,14,15). The van der Waals surface area contributed by atoms with Gasteiger partial charge >= 0.3 is 0 Å². The molecule has 0 aliphatic rings. The van der Waals surface area contributed by atoms with E-state index in [-0.39, 0.29) is 5.84 Å². The van der Waals surface area contributed by atoms with E-state index >= 15 is 0 Å². The smallest absolute Gasteiger partial charge is 0.122 e. The normalized spacial score (nSPS) is 10.3. The molecule has 0 saturated heterocycles. The lowest BCUT2D eigenvalue weighted by Crippen LogP contribution is -2.11.